The molecule has 0 aliphatic rings. The molecule has 0 amide bonds. The fourth-order valence-corrected chi connectivity index (χ4v) is 1.86. The number of hydrogen-bond donors (Lipinski definition) is 1. The van der Waals surface area contributed by atoms with Crippen molar-refractivity contribution in [3.8, 4) is 0 Å². The van der Waals surface area contributed by atoms with E-state index >= 15 is 0 Å². The summed E-state index contributed by atoms with van der Waals surface area (Å²) in [5.41, 5.74) is 0.609. The maximum Gasteiger partial charge on any atom is 0.329 e. The Morgan fingerprint density at radius 3 is 2.67 bits per heavy atom. The molecule has 0 spiro atoms. The minimum atomic E-state index is -3.38. The minimum absolute atomic E-state index is 0.160. The second-order valence-electron chi connectivity index (χ2n) is 4.21. The first kappa shape index (κ1) is 15.1. The van der Waals surface area contributed by atoms with Crippen molar-refractivity contribution in [2.75, 3.05) is 7.11 Å². The van der Waals surface area contributed by atoms with Crippen LogP contribution in [0.15, 0.2) is 35.8 Å². The van der Waals surface area contributed by atoms with Crippen molar-refractivity contribution < 1.29 is 18.4 Å². The van der Waals surface area contributed by atoms with Gasteiger partial charge in [-0.3, -0.25) is 0 Å². The molecule has 1 atom stereocenters. The number of aliphatic hydroxyl groups is 1. The molecule has 1 unspecified atom stereocenters. The number of halogens is 2. The Hall–Kier alpha value is -0.990. The lowest BCUT2D eigenvalue weighted by atomic mass is 9.98. The van der Waals surface area contributed by atoms with Crippen molar-refractivity contribution >= 4 is 8.81 Å². The zero-order valence-corrected chi connectivity index (χ0v) is 11.6. The maximum absolute atomic E-state index is 13.9. The van der Waals surface area contributed by atoms with Gasteiger partial charge in [0.2, 0.25) is 0 Å². The van der Waals surface area contributed by atoms with E-state index in [0.717, 1.165) is 11.4 Å². The highest BCUT2D eigenvalue weighted by Crippen LogP contribution is 2.37. The molecule has 0 radical (unpaired) electrons. The number of benzene rings is 1. The molecular weight excluding hydrogens is 257 g/mol. The van der Waals surface area contributed by atoms with Crippen LogP contribution in [0.1, 0.15) is 30.9 Å². The van der Waals surface area contributed by atoms with Crippen LogP contribution in [0.3, 0.4) is 0 Å². The number of allylic oxidation sites excluding steroid dienone is 1. The van der Waals surface area contributed by atoms with Crippen LogP contribution < -0.4 is 0 Å². The van der Waals surface area contributed by atoms with Crippen molar-refractivity contribution in [1.29, 1.82) is 0 Å². The average Bonchev–Trinajstić information content (AvgIpc) is 2.35. The first-order valence-electron chi connectivity index (χ1n) is 5.56. The fourth-order valence-electron chi connectivity index (χ4n) is 1.45. The van der Waals surface area contributed by atoms with Crippen molar-refractivity contribution in [3.63, 3.8) is 0 Å². The zero-order chi connectivity index (χ0) is 13.8. The number of rotatable bonds is 5. The van der Waals surface area contributed by atoms with Gasteiger partial charge < -0.3 is 9.63 Å². The summed E-state index contributed by atoms with van der Waals surface area (Å²) in [5, 5.41) is 9.43. The summed E-state index contributed by atoms with van der Waals surface area (Å²) in [4.78, 5) is 0. The highest BCUT2D eigenvalue weighted by Gasteiger charge is 2.36. The van der Waals surface area contributed by atoms with E-state index < -0.39 is 11.7 Å². The molecule has 0 bridgehead atoms. The lowest BCUT2D eigenvalue weighted by Gasteiger charge is -2.17. The van der Waals surface area contributed by atoms with Gasteiger partial charge in [0.05, 0.1) is 0 Å². The van der Waals surface area contributed by atoms with E-state index in [1.54, 1.807) is 12.1 Å². The van der Waals surface area contributed by atoms with Crippen molar-refractivity contribution in [2.24, 2.45) is 0 Å². The van der Waals surface area contributed by atoms with E-state index in [4.69, 9.17) is 0 Å². The Balaban J connectivity index is 3.07. The lowest BCUT2D eigenvalue weighted by Crippen LogP contribution is -2.16. The molecule has 0 fully saturated rings. The molecular formula is C13H17F2O2P. The lowest BCUT2D eigenvalue weighted by molar-refractivity contribution is -0.00481. The third-order valence-electron chi connectivity index (χ3n) is 2.55. The third-order valence-corrected chi connectivity index (χ3v) is 3.18. The molecule has 2 nitrogen and oxygen atoms in total. The van der Waals surface area contributed by atoms with Gasteiger partial charge in [0.15, 0.2) is 5.76 Å². The normalized spacial score (nSPS) is 13.8. The summed E-state index contributed by atoms with van der Waals surface area (Å²) < 4.78 is 32.6. The minimum Gasteiger partial charge on any atom is -0.506 e. The largest absolute Gasteiger partial charge is 0.506 e. The Labute approximate surface area is 108 Å². The smallest absolute Gasteiger partial charge is 0.329 e. The second kappa shape index (κ2) is 6.26. The summed E-state index contributed by atoms with van der Waals surface area (Å²) in [6.07, 6.45) is 0. The van der Waals surface area contributed by atoms with Crippen molar-refractivity contribution in [1.82, 2.24) is 0 Å². The summed E-state index contributed by atoms with van der Waals surface area (Å²) in [5.74, 6) is -3.19. The second-order valence-corrected chi connectivity index (χ2v) is 5.14. The van der Waals surface area contributed by atoms with Gasteiger partial charge in [-0.15, -0.1) is 0 Å². The van der Waals surface area contributed by atoms with Crippen LogP contribution in [0.4, 0.5) is 8.78 Å². The van der Waals surface area contributed by atoms with Crippen LogP contribution >= 0.6 is 8.81 Å². The molecule has 18 heavy (non-hydrogen) atoms. The molecule has 1 rings (SSSR count). The van der Waals surface area contributed by atoms with Crippen LogP contribution in [0.2, 0.25) is 0 Å². The molecule has 0 saturated heterocycles. The zero-order valence-electron chi connectivity index (χ0n) is 10.6. The van der Waals surface area contributed by atoms with E-state index in [2.05, 4.69) is 4.52 Å². The van der Waals surface area contributed by atoms with E-state index in [9.17, 15) is 13.9 Å². The quantitative estimate of drug-likeness (QED) is 0.631. The average molecular weight is 274 g/mol. The summed E-state index contributed by atoms with van der Waals surface area (Å²) in [6.45, 7) is 3.86. The van der Waals surface area contributed by atoms with Gasteiger partial charge in [0, 0.05) is 27.3 Å². The predicted octanol–water partition coefficient (Wildman–Crippen LogP) is 4.54. The highest BCUT2D eigenvalue weighted by atomic mass is 31.1. The molecule has 100 valence electrons. The van der Waals surface area contributed by atoms with Crippen LogP contribution in [-0.2, 0) is 10.4 Å². The van der Waals surface area contributed by atoms with Gasteiger partial charge in [-0.2, -0.15) is 8.78 Å². The molecule has 0 aliphatic heterocycles. The summed E-state index contributed by atoms with van der Waals surface area (Å²) in [6, 6.07) is 6.10. The Bertz CT molecular complexity index is 431. The molecule has 0 aromatic heterocycles. The maximum atomic E-state index is 13.9. The molecule has 1 N–H and O–H groups in total. The number of alkyl halides is 2. The van der Waals surface area contributed by atoms with Gasteiger partial charge >= 0.3 is 5.92 Å². The molecule has 5 heteroatoms. The third kappa shape index (κ3) is 3.50. The molecule has 1 aromatic carbocycles. The van der Waals surface area contributed by atoms with E-state index in [1.807, 2.05) is 13.8 Å². The van der Waals surface area contributed by atoms with Gasteiger partial charge in [0.25, 0.3) is 0 Å². The van der Waals surface area contributed by atoms with Crippen LogP contribution in [0.25, 0.3) is 0 Å². The Morgan fingerprint density at radius 2 is 2.11 bits per heavy atom. The Kier molecular flexibility index (Phi) is 5.24. The van der Waals surface area contributed by atoms with Crippen molar-refractivity contribution in [2.45, 2.75) is 25.7 Å². The van der Waals surface area contributed by atoms with Gasteiger partial charge in [-0.1, -0.05) is 32.0 Å². The van der Waals surface area contributed by atoms with E-state index in [0.29, 0.717) is 0 Å². The van der Waals surface area contributed by atoms with E-state index in [-0.39, 0.29) is 20.3 Å². The summed E-state index contributed by atoms with van der Waals surface area (Å²) >= 11 is 0. The summed E-state index contributed by atoms with van der Waals surface area (Å²) in [7, 11) is 1.10. The van der Waals surface area contributed by atoms with Crippen LogP contribution in [-0.4, -0.2) is 12.2 Å². The highest BCUT2D eigenvalue weighted by molar-refractivity contribution is 7.36. The number of aliphatic hydroxyl groups excluding tert-OH is 1. The first-order chi connectivity index (χ1) is 8.39. The molecule has 0 heterocycles. The molecule has 0 saturated carbocycles. The van der Waals surface area contributed by atoms with Gasteiger partial charge in [0.1, 0.15) is 0 Å². The standard InChI is InChI=1S/C13H17F2O2P/c1-9(2)10-5-4-6-11(7-10)13(14,15)12(16)8-18-17-3/h4-9,16,18H,1-3H3/b12-8-. The van der Waals surface area contributed by atoms with E-state index in [1.165, 1.54) is 19.2 Å². The monoisotopic (exact) mass is 274 g/mol. The first-order valence-corrected chi connectivity index (χ1v) is 6.54. The number of hydrogen-bond acceptors (Lipinski definition) is 2. The van der Waals surface area contributed by atoms with Crippen LogP contribution in [0.5, 0.6) is 0 Å². The Morgan fingerprint density at radius 1 is 1.44 bits per heavy atom. The van der Waals surface area contributed by atoms with Crippen molar-refractivity contribution in [3.05, 3.63) is 47.0 Å². The topological polar surface area (TPSA) is 29.5 Å². The fraction of sp³-hybridized carbons (Fsp3) is 0.385. The molecule has 1 aromatic rings. The SMILES string of the molecule is COP/C=C(\O)C(F)(F)c1cccc(C(C)C)c1. The van der Waals surface area contributed by atoms with Gasteiger partial charge in [-0.25, -0.2) is 0 Å². The van der Waals surface area contributed by atoms with Gasteiger partial charge in [-0.05, 0) is 17.5 Å². The predicted molar refractivity (Wildman–Crippen MR) is 70.5 cm³/mol. The van der Waals surface area contributed by atoms with Crippen LogP contribution in [0, 0.1) is 0 Å². The molecule has 0 aliphatic carbocycles.